The van der Waals surface area contributed by atoms with E-state index in [1.807, 2.05) is 16.9 Å². The van der Waals surface area contributed by atoms with E-state index >= 15 is 0 Å². The standard InChI is InChI=1S/C17H28N4O2/c1-17(2)5-9-20(13-17)10-7-18-16(22)15-14(4-11-23-15)12-21-8-3-6-19-21/h3,6,8,14-15H,4-5,7,9-13H2,1-2H3,(H,18,22)/t14-,15-/m1/s1. The Kier molecular flexibility index (Phi) is 5.02. The second-order valence-electron chi connectivity index (χ2n) is 7.55. The number of carbonyl (C=O) groups excluding carboxylic acids is 1. The van der Waals surface area contributed by atoms with E-state index in [2.05, 4.69) is 29.2 Å². The van der Waals surface area contributed by atoms with Gasteiger partial charge in [0, 0.05) is 51.1 Å². The highest BCUT2D eigenvalue weighted by molar-refractivity contribution is 5.81. The molecule has 1 amide bonds. The molecule has 3 heterocycles. The molecule has 0 aliphatic carbocycles. The molecule has 6 nitrogen and oxygen atoms in total. The quantitative estimate of drug-likeness (QED) is 0.854. The molecule has 6 heteroatoms. The summed E-state index contributed by atoms with van der Waals surface area (Å²) in [6, 6.07) is 1.91. The van der Waals surface area contributed by atoms with Crippen LogP contribution in [0, 0.1) is 11.3 Å². The maximum Gasteiger partial charge on any atom is 0.249 e. The molecule has 0 bridgehead atoms. The molecular formula is C17H28N4O2. The molecule has 1 aromatic heterocycles. The molecule has 0 saturated carbocycles. The topological polar surface area (TPSA) is 59.4 Å². The van der Waals surface area contributed by atoms with Crippen LogP contribution in [0.5, 0.6) is 0 Å². The van der Waals surface area contributed by atoms with E-state index in [1.165, 1.54) is 6.42 Å². The van der Waals surface area contributed by atoms with Gasteiger partial charge in [-0.15, -0.1) is 0 Å². The van der Waals surface area contributed by atoms with Crippen molar-refractivity contribution < 1.29 is 9.53 Å². The van der Waals surface area contributed by atoms with Gasteiger partial charge in [0.2, 0.25) is 5.91 Å². The Morgan fingerprint density at radius 3 is 3.04 bits per heavy atom. The van der Waals surface area contributed by atoms with Gasteiger partial charge in [0.15, 0.2) is 0 Å². The normalized spacial score (nSPS) is 27.4. The molecule has 0 aromatic carbocycles. The first-order valence-corrected chi connectivity index (χ1v) is 8.63. The van der Waals surface area contributed by atoms with Crippen LogP contribution in [0.15, 0.2) is 18.5 Å². The Labute approximate surface area is 138 Å². The summed E-state index contributed by atoms with van der Waals surface area (Å²) in [6.07, 6.45) is 5.51. The Morgan fingerprint density at radius 2 is 2.35 bits per heavy atom. The van der Waals surface area contributed by atoms with Crippen molar-refractivity contribution in [3.8, 4) is 0 Å². The van der Waals surface area contributed by atoms with Gasteiger partial charge in [-0.1, -0.05) is 13.8 Å². The molecule has 2 saturated heterocycles. The third-order valence-electron chi connectivity index (χ3n) is 4.94. The van der Waals surface area contributed by atoms with Crippen molar-refractivity contribution in [2.45, 2.75) is 39.3 Å². The predicted molar refractivity (Wildman–Crippen MR) is 87.9 cm³/mol. The lowest BCUT2D eigenvalue weighted by molar-refractivity contribution is -0.132. The van der Waals surface area contributed by atoms with Gasteiger partial charge in [0.05, 0.1) is 0 Å². The van der Waals surface area contributed by atoms with Crippen LogP contribution in [0.1, 0.15) is 26.7 Å². The maximum atomic E-state index is 12.4. The molecule has 2 atom stereocenters. The molecule has 128 valence electrons. The highest BCUT2D eigenvalue weighted by Gasteiger charge is 2.34. The molecule has 3 rings (SSSR count). The molecule has 1 N–H and O–H groups in total. The van der Waals surface area contributed by atoms with Gasteiger partial charge >= 0.3 is 0 Å². The minimum Gasteiger partial charge on any atom is -0.368 e. The van der Waals surface area contributed by atoms with Crippen molar-refractivity contribution in [1.29, 1.82) is 0 Å². The summed E-state index contributed by atoms with van der Waals surface area (Å²) in [7, 11) is 0. The van der Waals surface area contributed by atoms with Crippen LogP contribution in [-0.2, 0) is 16.1 Å². The Hall–Kier alpha value is -1.40. The summed E-state index contributed by atoms with van der Waals surface area (Å²) in [5, 5.41) is 7.28. The fourth-order valence-electron chi connectivity index (χ4n) is 3.61. The number of nitrogens with zero attached hydrogens (tertiary/aromatic N) is 3. The highest BCUT2D eigenvalue weighted by atomic mass is 16.5. The summed E-state index contributed by atoms with van der Waals surface area (Å²) in [6.45, 7) is 9.87. The van der Waals surface area contributed by atoms with E-state index in [0.717, 1.165) is 32.6 Å². The number of rotatable bonds is 6. The first kappa shape index (κ1) is 16.5. The number of carbonyl (C=O) groups is 1. The van der Waals surface area contributed by atoms with E-state index in [4.69, 9.17) is 4.74 Å². The Morgan fingerprint density at radius 1 is 1.48 bits per heavy atom. The van der Waals surface area contributed by atoms with Crippen molar-refractivity contribution >= 4 is 5.91 Å². The Balaban J connectivity index is 1.42. The monoisotopic (exact) mass is 320 g/mol. The lowest BCUT2D eigenvalue weighted by Gasteiger charge is -2.21. The second kappa shape index (κ2) is 7.01. The largest absolute Gasteiger partial charge is 0.368 e. The fourth-order valence-corrected chi connectivity index (χ4v) is 3.61. The smallest absolute Gasteiger partial charge is 0.249 e. The molecule has 0 unspecified atom stereocenters. The Bertz CT molecular complexity index is 515. The second-order valence-corrected chi connectivity index (χ2v) is 7.55. The van der Waals surface area contributed by atoms with E-state index in [1.54, 1.807) is 6.20 Å². The predicted octanol–water partition coefficient (Wildman–Crippen LogP) is 1.14. The van der Waals surface area contributed by atoms with Gasteiger partial charge in [0.1, 0.15) is 6.10 Å². The summed E-state index contributed by atoms with van der Waals surface area (Å²) in [5.74, 6) is 0.235. The first-order chi connectivity index (χ1) is 11.0. The molecule has 0 radical (unpaired) electrons. The van der Waals surface area contributed by atoms with E-state index in [0.29, 0.717) is 18.6 Å². The molecule has 0 spiro atoms. The van der Waals surface area contributed by atoms with Crippen molar-refractivity contribution in [1.82, 2.24) is 20.0 Å². The highest BCUT2D eigenvalue weighted by Crippen LogP contribution is 2.28. The number of likely N-dealkylation sites (tertiary alicyclic amines) is 1. The average Bonchev–Trinajstić information content (AvgIpc) is 3.21. The average molecular weight is 320 g/mol. The van der Waals surface area contributed by atoms with E-state index < -0.39 is 0 Å². The van der Waals surface area contributed by atoms with E-state index in [-0.39, 0.29) is 17.9 Å². The van der Waals surface area contributed by atoms with Crippen LogP contribution in [0.3, 0.4) is 0 Å². The van der Waals surface area contributed by atoms with Crippen molar-refractivity contribution in [3.05, 3.63) is 18.5 Å². The zero-order valence-electron chi connectivity index (χ0n) is 14.2. The summed E-state index contributed by atoms with van der Waals surface area (Å²) in [4.78, 5) is 14.8. The van der Waals surface area contributed by atoms with Gasteiger partial charge in [-0.05, 0) is 30.9 Å². The molecule has 1 aromatic rings. The molecule has 2 fully saturated rings. The summed E-state index contributed by atoms with van der Waals surface area (Å²) in [5.41, 5.74) is 0.410. The van der Waals surface area contributed by atoms with Gasteiger partial charge in [0.25, 0.3) is 0 Å². The van der Waals surface area contributed by atoms with Gasteiger partial charge < -0.3 is 15.0 Å². The third kappa shape index (κ3) is 4.32. The van der Waals surface area contributed by atoms with Crippen LogP contribution in [-0.4, -0.2) is 59.5 Å². The van der Waals surface area contributed by atoms with Crippen LogP contribution < -0.4 is 5.32 Å². The van der Waals surface area contributed by atoms with Crippen LogP contribution >= 0.6 is 0 Å². The lowest BCUT2D eigenvalue weighted by Crippen LogP contribution is -2.42. The maximum absolute atomic E-state index is 12.4. The third-order valence-corrected chi connectivity index (χ3v) is 4.94. The zero-order chi connectivity index (χ0) is 16.3. The number of ether oxygens (including phenoxy) is 1. The van der Waals surface area contributed by atoms with E-state index in [9.17, 15) is 4.79 Å². The molecular weight excluding hydrogens is 292 g/mol. The number of amides is 1. The molecule has 2 aliphatic rings. The summed E-state index contributed by atoms with van der Waals surface area (Å²) < 4.78 is 7.55. The van der Waals surface area contributed by atoms with Crippen molar-refractivity contribution in [2.24, 2.45) is 11.3 Å². The number of hydrogen-bond acceptors (Lipinski definition) is 4. The molecule has 2 aliphatic heterocycles. The van der Waals surface area contributed by atoms with Gasteiger partial charge in [-0.25, -0.2) is 0 Å². The minimum absolute atomic E-state index is 0.0260. The van der Waals surface area contributed by atoms with Crippen molar-refractivity contribution in [3.63, 3.8) is 0 Å². The lowest BCUT2D eigenvalue weighted by atomic mass is 9.93. The summed E-state index contributed by atoms with van der Waals surface area (Å²) >= 11 is 0. The number of aromatic nitrogens is 2. The van der Waals surface area contributed by atoms with Crippen molar-refractivity contribution in [2.75, 3.05) is 32.8 Å². The number of nitrogens with one attached hydrogen (secondary N) is 1. The SMILES string of the molecule is CC1(C)CCN(CCNC(=O)[C@@H]2OCC[C@@H]2Cn2cccn2)C1. The number of hydrogen-bond donors (Lipinski definition) is 1. The van der Waals surface area contributed by atoms with Crippen LogP contribution in [0.4, 0.5) is 0 Å². The zero-order valence-corrected chi connectivity index (χ0v) is 14.2. The fraction of sp³-hybridized carbons (Fsp3) is 0.765. The molecule has 23 heavy (non-hydrogen) atoms. The van der Waals surface area contributed by atoms with Crippen LogP contribution in [0.2, 0.25) is 0 Å². The van der Waals surface area contributed by atoms with Gasteiger partial charge in [-0.3, -0.25) is 9.48 Å². The van der Waals surface area contributed by atoms with Crippen LogP contribution in [0.25, 0.3) is 0 Å². The first-order valence-electron chi connectivity index (χ1n) is 8.63. The minimum atomic E-state index is -0.339. The van der Waals surface area contributed by atoms with Gasteiger partial charge in [-0.2, -0.15) is 5.10 Å².